The Morgan fingerprint density at radius 3 is 1.41 bits per heavy atom. The summed E-state index contributed by atoms with van der Waals surface area (Å²) in [6, 6.07) is 26.8. The summed E-state index contributed by atoms with van der Waals surface area (Å²) in [6.45, 7) is 23.3. The standard InChI is InChI=1S/C59H59N5O2/c1-11-39-30-43(58-65-31-59(9,10)32-66-58)40(12-2)29-42(39)55-46-15-19-50(63-46)56(52-35(5)25-33(3)26-36(52)6)48-17-13-44(61-48)54(41-21-23-60-24-22-41)45-14-18-49(62-45)57(51-20-16-47(55)64-51)53-37(7)27-34(4)28-38(53)8/h13-30,58,61,64H,11-12,31-32H2,1-10H3. The molecule has 3 aliphatic rings. The molecular formula is C59H59N5O2. The molecule has 8 bridgehead atoms. The van der Waals surface area contributed by atoms with Crippen molar-refractivity contribution in [2.75, 3.05) is 13.2 Å². The largest absolute Gasteiger partial charge is 0.354 e. The van der Waals surface area contributed by atoms with Crippen LogP contribution in [-0.2, 0) is 22.3 Å². The third-order valence-corrected chi connectivity index (χ3v) is 13.5. The highest BCUT2D eigenvalue weighted by Crippen LogP contribution is 2.43. The molecule has 66 heavy (non-hydrogen) atoms. The van der Waals surface area contributed by atoms with Crippen molar-refractivity contribution in [3.8, 4) is 44.5 Å². The van der Waals surface area contributed by atoms with Gasteiger partial charge in [-0.3, -0.25) is 4.98 Å². The molecule has 7 heteroatoms. The summed E-state index contributed by atoms with van der Waals surface area (Å²) < 4.78 is 12.9. The number of fused-ring (bicyclic) bond motifs is 8. The van der Waals surface area contributed by atoms with Gasteiger partial charge in [0, 0.05) is 67.7 Å². The van der Waals surface area contributed by atoms with Crippen LogP contribution in [0.5, 0.6) is 0 Å². The minimum Gasteiger partial charge on any atom is -0.354 e. The van der Waals surface area contributed by atoms with Crippen LogP contribution in [0.1, 0.15) is 107 Å². The van der Waals surface area contributed by atoms with Crippen LogP contribution in [0.2, 0.25) is 0 Å². The summed E-state index contributed by atoms with van der Waals surface area (Å²) in [4.78, 5) is 23.6. The minimum atomic E-state index is -0.407. The summed E-state index contributed by atoms with van der Waals surface area (Å²) >= 11 is 0. The van der Waals surface area contributed by atoms with Gasteiger partial charge in [0.2, 0.25) is 0 Å². The maximum atomic E-state index is 6.44. The SMILES string of the molecule is CCc1cc(C2OCC(C)(C)CO2)c(CC)cc1-c1c2nc(c(-c3c(C)cc(C)cc3C)c3ccc([nH]3)c(-c3ccncc3)c3nc(c(-c4c(C)cc(C)cc4C)c4ccc1[nH]4)C=C3)C=C2. The lowest BCUT2D eigenvalue weighted by Gasteiger charge is -2.35. The van der Waals surface area contributed by atoms with Crippen molar-refractivity contribution in [3.63, 3.8) is 0 Å². The van der Waals surface area contributed by atoms with Gasteiger partial charge in [-0.1, -0.05) is 69.2 Å². The first-order chi connectivity index (χ1) is 31.8. The van der Waals surface area contributed by atoms with Crippen LogP contribution < -0.4 is 0 Å². The Balaban J connectivity index is 1.37. The molecule has 0 spiro atoms. The van der Waals surface area contributed by atoms with Gasteiger partial charge in [-0.2, -0.15) is 0 Å². The van der Waals surface area contributed by atoms with E-state index in [4.69, 9.17) is 19.4 Å². The summed E-state index contributed by atoms with van der Waals surface area (Å²) in [5.41, 5.74) is 27.0. The molecule has 2 N–H and O–H groups in total. The first-order valence-corrected chi connectivity index (χ1v) is 23.4. The molecule has 0 atom stereocenters. The Kier molecular flexibility index (Phi) is 11.1. The van der Waals surface area contributed by atoms with Crippen molar-refractivity contribution in [3.05, 3.63) is 158 Å². The van der Waals surface area contributed by atoms with Crippen LogP contribution >= 0.6 is 0 Å². The lowest BCUT2D eigenvalue weighted by molar-refractivity contribution is -0.226. The van der Waals surface area contributed by atoms with Gasteiger partial charge in [-0.15, -0.1) is 0 Å². The molecule has 7 aromatic rings. The number of nitrogens with one attached hydrogen (secondary N) is 2. The number of rotatable bonds is 7. The number of benzene rings is 3. The predicted molar refractivity (Wildman–Crippen MR) is 274 cm³/mol. The first-order valence-electron chi connectivity index (χ1n) is 23.4. The van der Waals surface area contributed by atoms with E-state index in [2.05, 4.69) is 181 Å². The molecule has 4 aromatic heterocycles. The number of aryl methyl sites for hydroxylation is 8. The van der Waals surface area contributed by atoms with Crippen LogP contribution in [0.25, 0.3) is 90.9 Å². The molecule has 7 heterocycles. The van der Waals surface area contributed by atoms with Gasteiger partial charge in [0.05, 0.1) is 36.0 Å². The smallest absolute Gasteiger partial charge is 0.184 e. The molecule has 3 aliphatic heterocycles. The van der Waals surface area contributed by atoms with Crippen LogP contribution in [0.15, 0.2) is 85.2 Å². The van der Waals surface area contributed by atoms with Gasteiger partial charge in [-0.25, -0.2) is 9.97 Å². The molecule has 10 rings (SSSR count). The molecule has 332 valence electrons. The van der Waals surface area contributed by atoms with Gasteiger partial charge in [0.15, 0.2) is 6.29 Å². The topological polar surface area (TPSA) is 88.7 Å². The second-order valence-corrected chi connectivity index (χ2v) is 19.3. The zero-order valence-corrected chi connectivity index (χ0v) is 40.0. The van der Waals surface area contributed by atoms with Gasteiger partial charge in [0.1, 0.15) is 0 Å². The van der Waals surface area contributed by atoms with E-state index in [0.29, 0.717) is 13.2 Å². The first kappa shape index (κ1) is 43.2. The summed E-state index contributed by atoms with van der Waals surface area (Å²) in [5.74, 6) is 0. The van der Waals surface area contributed by atoms with E-state index in [1.54, 1.807) is 0 Å². The molecule has 1 saturated heterocycles. The number of pyridine rings is 1. The number of H-pyrrole nitrogens is 2. The molecule has 0 unspecified atom stereocenters. The molecule has 3 aromatic carbocycles. The average Bonchev–Trinajstić information content (AvgIpc) is 4.13. The average molecular weight is 870 g/mol. The Labute approximate surface area is 388 Å². The lowest BCUT2D eigenvalue weighted by atomic mass is 9.89. The fourth-order valence-corrected chi connectivity index (χ4v) is 10.6. The normalized spacial score (nSPS) is 14.6. The van der Waals surface area contributed by atoms with Crippen molar-refractivity contribution >= 4 is 46.4 Å². The van der Waals surface area contributed by atoms with Crippen LogP contribution in [0, 0.1) is 47.0 Å². The predicted octanol–water partition coefficient (Wildman–Crippen LogP) is 14.8. The van der Waals surface area contributed by atoms with Crippen molar-refractivity contribution in [1.82, 2.24) is 24.9 Å². The van der Waals surface area contributed by atoms with Crippen molar-refractivity contribution in [2.45, 2.75) is 88.4 Å². The molecule has 1 fully saturated rings. The lowest BCUT2D eigenvalue weighted by Crippen LogP contribution is -2.34. The number of hydrogen-bond donors (Lipinski definition) is 2. The maximum absolute atomic E-state index is 6.44. The number of aromatic amines is 2. The fraction of sp³-hybridized carbons (Fsp3) is 0.271. The number of nitrogens with zero attached hydrogens (tertiary/aromatic N) is 3. The Morgan fingerprint density at radius 2 is 0.939 bits per heavy atom. The highest BCUT2D eigenvalue weighted by Gasteiger charge is 2.31. The van der Waals surface area contributed by atoms with E-state index < -0.39 is 6.29 Å². The molecule has 0 radical (unpaired) electrons. The van der Waals surface area contributed by atoms with Crippen molar-refractivity contribution in [1.29, 1.82) is 0 Å². The highest BCUT2D eigenvalue weighted by molar-refractivity contribution is 6.01. The Morgan fingerprint density at radius 1 is 0.515 bits per heavy atom. The van der Waals surface area contributed by atoms with Crippen LogP contribution in [-0.4, -0.2) is 38.1 Å². The maximum Gasteiger partial charge on any atom is 0.184 e. The Hall–Kier alpha value is -6.67. The quantitative estimate of drug-likeness (QED) is 0.167. The van der Waals surface area contributed by atoms with E-state index in [1.165, 1.54) is 55.6 Å². The number of aromatic nitrogens is 5. The second kappa shape index (κ2) is 17.0. The summed E-state index contributed by atoms with van der Waals surface area (Å²) in [5, 5.41) is 0. The van der Waals surface area contributed by atoms with Gasteiger partial charge in [-0.05, 0) is 177 Å². The van der Waals surface area contributed by atoms with Crippen LogP contribution in [0.3, 0.4) is 0 Å². The van der Waals surface area contributed by atoms with Gasteiger partial charge >= 0.3 is 0 Å². The fourth-order valence-electron chi connectivity index (χ4n) is 10.6. The van der Waals surface area contributed by atoms with Crippen molar-refractivity contribution in [2.24, 2.45) is 5.41 Å². The van der Waals surface area contributed by atoms with Gasteiger partial charge < -0.3 is 19.4 Å². The summed E-state index contributed by atoms with van der Waals surface area (Å²) in [7, 11) is 0. The summed E-state index contributed by atoms with van der Waals surface area (Å²) in [6.07, 6.45) is 13.7. The molecule has 7 nitrogen and oxygen atoms in total. The number of ether oxygens (including phenoxy) is 2. The molecule has 0 amide bonds. The Bertz CT molecular complexity index is 3220. The van der Waals surface area contributed by atoms with Gasteiger partial charge in [0.25, 0.3) is 0 Å². The molecule has 0 aliphatic carbocycles. The second-order valence-electron chi connectivity index (χ2n) is 19.3. The van der Waals surface area contributed by atoms with Crippen LogP contribution in [0.4, 0.5) is 0 Å². The van der Waals surface area contributed by atoms with E-state index in [1.807, 2.05) is 12.4 Å². The molecule has 0 saturated carbocycles. The third-order valence-electron chi connectivity index (χ3n) is 13.5. The zero-order chi connectivity index (χ0) is 46.0. The molecular weight excluding hydrogens is 811 g/mol. The minimum absolute atomic E-state index is 0.0270. The number of hydrogen-bond acceptors (Lipinski definition) is 5. The van der Waals surface area contributed by atoms with E-state index >= 15 is 0 Å². The van der Waals surface area contributed by atoms with E-state index in [9.17, 15) is 0 Å². The highest BCUT2D eigenvalue weighted by atomic mass is 16.7. The third kappa shape index (κ3) is 7.74. The van der Waals surface area contributed by atoms with E-state index in [-0.39, 0.29) is 5.41 Å². The zero-order valence-electron chi connectivity index (χ0n) is 40.0. The van der Waals surface area contributed by atoms with Crippen molar-refractivity contribution < 1.29 is 9.47 Å². The monoisotopic (exact) mass is 869 g/mol. The van der Waals surface area contributed by atoms with E-state index in [0.717, 1.165) is 96.6 Å².